The van der Waals surface area contributed by atoms with E-state index in [9.17, 15) is 20.0 Å². The number of carbonyl (C=O) groups excluding carboxylic acids is 2. The van der Waals surface area contributed by atoms with Crippen molar-refractivity contribution in [2.45, 2.75) is 64.4 Å². The lowest BCUT2D eigenvalue weighted by molar-refractivity contribution is -0.153. The minimum atomic E-state index is -1.38. The minimum absolute atomic E-state index is 0.0512. The number of allylic oxidation sites excluding steroid dienone is 1. The maximum atomic E-state index is 13.2. The Hall–Kier alpha value is -1.47. The molecule has 0 radical (unpaired) electrons. The maximum Gasteiger partial charge on any atom is 0.157 e. The summed E-state index contributed by atoms with van der Waals surface area (Å²) in [4.78, 5) is 25.0. The summed E-state index contributed by atoms with van der Waals surface area (Å²) in [6, 6.07) is 2.12. The van der Waals surface area contributed by atoms with Gasteiger partial charge in [-0.15, -0.1) is 0 Å². The van der Waals surface area contributed by atoms with Crippen molar-refractivity contribution in [1.29, 1.82) is 5.26 Å². The van der Waals surface area contributed by atoms with Crippen LogP contribution in [0.25, 0.3) is 0 Å². The second-order valence-electron chi connectivity index (χ2n) is 8.91. The van der Waals surface area contributed by atoms with Crippen LogP contribution in [-0.4, -0.2) is 22.3 Å². The largest absolute Gasteiger partial charge is 0.375 e. The van der Waals surface area contributed by atoms with Gasteiger partial charge in [0.2, 0.25) is 0 Å². The van der Waals surface area contributed by atoms with Gasteiger partial charge in [-0.3, -0.25) is 9.59 Å². The van der Waals surface area contributed by atoms with Gasteiger partial charge in [0.15, 0.2) is 11.4 Å². The molecule has 0 bridgehead atoms. The molecule has 4 heteroatoms. The summed E-state index contributed by atoms with van der Waals surface area (Å²) >= 11 is 0. The zero-order valence-corrected chi connectivity index (χ0v) is 14.5. The van der Waals surface area contributed by atoms with Gasteiger partial charge in [0.05, 0.1) is 6.07 Å². The molecule has 4 aliphatic rings. The van der Waals surface area contributed by atoms with E-state index in [2.05, 4.69) is 13.0 Å². The Morgan fingerprint density at radius 1 is 1.21 bits per heavy atom. The fourth-order valence-corrected chi connectivity index (χ4v) is 6.57. The van der Waals surface area contributed by atoms with Gasteiger partial charge < -0.3 is 5.11 Å². The van der Waals surface area contributed by atoms with E-state index < -0.39 is 11.0 Å². The lowest BCUT2D eigenvalue weighted by Gasteiger charge is -2.57. The van der Waals surface area contributed by atoms with Crippen molar-refractivity contribution in [1.82, 2.24) is 0 Å². The first-order chi connectivity index (χ1) is 11.2. The number of hydrogen-bond acceptors (Lipinski definition) is 4. The van der Waals surface area contributed by atoms with Gasteiger partial charge in [0.25, 0.3) is 0 Å². The van der Waals surface area contributed by atoms with Gasteiger partial charge in [-0.05, 0) is 55.4 Å². The maximum absolute atomic E-state index is 13.2. The van der Waals surface area contributed by atoms with Crippen LogP contribution < -0.4 is 0 Å². The lowest BCUT2D eigenvalue weighted by atomic mass is 9.46. The molecule has 0 aromatic rings. The molecule has 3 saturated carbocycles. The summed E-state index contributed by atoms with van der Waals surface area (Å²) < 4.78 is 0. The molecule has 3 fully saturated rings. The average molecular weight is 327 g/mol. The van der Waals surface area contributed by atoms with Crippen molar-refractivity contribution in [3.63, 3.8) is 0 Å². The predicted octanol–water partition coefficient (Wildman–Crippen LogP) is 2.95. The first-order valence-corrected chi connectivity index (χ1v) is 9.15. The Morgan fingerprint density at radius 3 is 2.67 bits per heavy atom. The van der Waals surface area contributed by atoms with Gasteiger partial charge in [-0.1, -0.05) is 19.4 Å². The van der Waals surface area contributed by atoms with Crippen LogP contribution in [0.1, 0.15) is 58.8 Å². The van der Waals surface area contributed by atoms with Crippen LogP contribution in [0, 0.1) is 39.9 Å². The zero-order valence-electron chi connectivity index (χ0n) is 14.5. The Labute approximate surface area is 142 Å². The van der Waals surface area contributed by atoms with Crippen LogP contribution in [0.15, 0.2) is 11.6 Å². The zero-order chi connectivity index (χ0) is 17.3. The molecule has 0 heterocycles. The molecular weight excluding hydrogens is 302 g/mol. The Kier molecular flexibility index (Phi) is 3.20. The number of Topliss-reactive ketones (excluding diaryl/α,β-unsaturated/α-hetero) is 1. The molecule has 0 saturated heterocycles. The molecule has 0 aromatic carbocycles. The van der Waals surface area contributed by atoms with Crippen molar-refractivity contribution < 1.29 is 14.7 Å². The molecule has 128 valence electrons. The number of hydrogen-bond donors (Lipinski definition) is 1. The van der Waals surface area contributed by atoms with E-state index in [1.165, 1.54) is 0 Å². The highest BCUT2D eigenvalue weighted by molar-refractivity contribution is 5.93. The van der Waals surface area contributed by atoms with Gasteiger partial charge >= 0.3 is 0 Å². The number of fused-ring (bicyclic) bond motifs is 5. The van der Waals surface area contributed by atoms with Crippen LogP contribution >= 0.6 is 0 Å². The fourth-order valence-electron chi connectivity index (χ4n) is 6.57. The second-order valence-corrected chi connectivity index (χ2v) is 8.91. The van der Waals surface area contributed by atoms with E-state index in [1.807, 2.05) is 6.92 Å². The van der Waals surface area contributed by atoms with E-state index in [0.717, 1.165) is 31.3 Å². The third-order valence-electron chi connectivity index (χ3n) is 7.99. The number of carbonyl (C=O) groups is 2. The Balaban J connectivity index is 1.77. The number of nitrogens with zero attached hydrogens (tertiary/aromatic N) is 1. The van der Waals surface area contributed by atoms with Crippen molar-refractivity contribution in [2.75, 3.05) is 0 Å². The van der Waals surface area contributed by atoms with Gasteiger partial charge in [0, 0.05) is 24.2 Å². The van der Waals surface area contributed by atoms with Gasteiger partial charge in [-0.2, -0.15) is 5.26 Å². The highest BCUT2D eigenvalue weighted by Crippen LogP contribution is 2.66. The normalized spacial score (nSPS) is 50.4. The standard InChI is InChI=1S/C20H25NO3/c1-18-7-5-13(22)9-12(18)3-4-14-15-6-8-20(24,11-21)19(15,2)10-16(23)17(14)18/h9,14-15,17,24H,3-8,10H2,1-2H3/t14-,15+,17-,18-,19-,20-/m0/s1. The Bertz CT molecular complexity index is 704. The third kappa shape index (κ3) is 1.77. The second kappa shape index (κ2) is 4.79. The molecule has 4 aliphatic carbocycles. The molecule has 0 spiro atoms. The van der Waals surface area contributed by atoms with E-state index in [-0.39, 0.29) is 34.7 Å². The van der Waals surface area contributed by atoms with Crippen LogP contribution in [0.5, 0.6) is 0 Å². The summed E-state index contributed by atoms with van der Waals surface area (Å²) in [5, 5.41) is 20.3. The molecule has 0 amide bonds. The molecule has 1 N–H and O–H groups in total. The lowest BCUT2D eigenvalue weighted by Crippen LogP contribution is -2.58. The summed E-state index contributed by atoms with van der Waals surface area (Å²) in [5.74, 6) is 0.782. The molecule has 0 unspecified atom stereocenters. The molecule has 0 aliphatic heterocycles. The summed E-state index contributed by atoms with van der Waals surface area (Å²) in [6.45, 7) is 4.11. The number of aliphatic hydroxyl groups is 1. The predicted molar refractivity (Wildman–Crippen MR) is 87.7 cm³/mol. The average Bonchev–Trinajstić information content (AvgIpc) is 2.79. The van der Waals surface area contributed by atoms with Gasteiger partial charge in [-0.25, -0.2) is 0 Å². The smallest absolute Gasteiger partial charge is 0.157 e. The highest BCUT2D eigenvalue weighted by atomic mass is 16.3. The van der Waals surface area contributed by atoms with Crippen LogP contribution in [-0.2, 0) is 9.59 Å². The van der Waals surface area contributed by atoms with Crippen LogP contribution in [0.4, 0.5) is 0 Å². The van der Waals surface area contributed by atoms with Crippen molar-refractivity contribution in [3.8, 4) is 6.07 Å². The molecule has 6 atom stereocenters. The summed E-state index contributed by atoms with van der Waals surface area (Å²) in [6.07, 6.45) is 6.43. The molecule has 24 heavy (non-hydrogen) atoms. The number of rotatable bonds is 0. The van der Waals surface area contributed by atoms with Crippen molar-refractivity contribution in [3.05, 3.63) is 11.6 Å². The van der Waals surface area contributed by atoms with E-state index >= 15 is 0 Å². The first kappa shape index (κ1) is 16.0. The summed E-state index contributed by atoms with van der Waals surface area (Å²) in [7, 11) is 0. The highest BCUT2D eigenvalue weighted by Gasteiger charge is 2.66. The topological polar surface area (TPSA) is 78.2 Å². The summed E-state index contributed by atoms with van der Waals surface area (Å²) in [5.41, 5.74) is -1.05. The van der Waals surface area contributed by atoms with Gasteiger partial charge in [0.1, 0.15) is 5.78 Å². The SMILES string of the molecule is C[C@]12CCC(=O)C=C1CC[C@@H]1[C@H]2C(=O)C[C@@]2(C)[C@@H]1CC[C@]2(O)C#N. The van der Waals surface area contributed by atoms with Crippen LogP contribution in [0.2, 0.25) is 0 Å². The quantitative estimate of drug-likeness (QED) is 0.694. The number of nitriles is 1. The van der Waals surface area contributed by atoms with E-state index in [0.29, 0.717) is 19.3 Å². The van der Waals surface area contributed by atoms with E-state index in [4.69, 9.17) is 0 Å². The fraction of sp³-hybridized carbons (Fsp3) is 0.750. The monoisotopic (exact) mass is 327 g/mol. The van der Waals surface area contributed by atoms with Crippen molar-refractivity contribution >= 4 is 11.6 Å². The van der Waals surface area contributed by atoms with E-state index in [1.54, 1.807) is 6.08 Å². The molecule has 4 nitrogen and oxygen atoms in total. The number of ketones is 2. The Morgan fingerprint density at radius 2 is 1.96 bits per heavy atom. The first-order valence-electron chi connectivity index (χ1n) is 9.15. The molecule has 4 rings (SSSR count). The molecule has 0 aromatic heterocycles. The van der Waals surface area contributed by atoms with Crippen molar-refractivity contribution in [2.24, 2.45) is 28.6 Å². The third-order valence-corrected chi connectivity index (χ3v) is 7.99. The molecular formula is C20H25NO3. The minimum Gasteiger partial charge on any atom is -0.375 e. The van der Waals surface area contributed by atoms with Crippen LogP contribution in [0.3, 0.4) is 0 Å².